The number of methoxy groups -OCH3 is 1. The lowest BCUT2D eigenvalue weighted by atomic mass is 9.62. The molecule has 1 fully saturated rings. The number of carbonyl (C=O) groups excluding carboxylic acids is 1. The van der Waals surface area contributed by atoms with Gasteiger partial charge in [-0.25, -0.2) is 0 Å². The number of thiocarbonyl (C=S) groups is 1. The van der Waals surface area contributed by atoms with E-state index in [2.05, 4.69) is 12.2 Å². The molecule has 0 heterocycles. The second-order valence-electron chi connectivity index (χ2n) is 4.99. The number of carbonyl (C=O) groups is 1. The SMILES string of the molecule is CCC(COC)NC(=O)C1(C(N)=S)CC(C)C1. The highest BCUT2D eigenvalue weighted by atomic mass is 32.1. The summed E-state index contributed by atoms with van der Waals surface area (Å²) in [4.78, 5) is 12.6. The van der Waals surface area contributed by atoms with Crippen LogP contribution in [0.5, 0.6) is 0 Å². The fourth-order valence-corrected chi connectivity index (χ4v) is 2.67. The van der Waals surface area contributed by atoms with E-state index in [0.29, 0.717) is 17.5 Å². The standard InChI is InChI=1S/C12H22N2O2S/c1-4-9(7-16-3)14-11(15)12(10(13)17)5-8(2)6-12/h8-9H,4-7H2,1-3H3,(H2,13,17)(H,14,15). The van der Waals surface area contributed by atoms with Crippen LogP contribution in [0.15, 0.2) is 0 Å². The number of nitrogens with one attached hydrogen (secondary N) is 1. The molecule has 1 aliphatic rings. The molecule has 0 radical (unpaired) electrons. The quantitative estimate of drug-likeness (QED) is 0.703. The van der Waals surface area contributed by atoms with Gasteiger partial charge in [0, 0.05) is 7.11 Å². The Bertz CT molecular complexity index is 301. The summed E-state index contributed by atoms with van der Waals surface area (Å²) < 4.78 is 5.06. The third kappa shape index (κ3) is 2.96. The Morgan fingerprint density at radius 1 is 1.65 bits per heavy atom. The number of hydrogen-bond acceptors (Lipinski definition) is 3. The van der Waals surface area contributed by atoms with E-state index in [1.807, 2.05) is 6.92 Å². The molecule has 1 amide bonds. The molecular weight excluding hydrogens is 236 g/mol. The zero-order valence-corrected chi connectivity index (χ0v) is 11.6. The van der Waals surface area contributed by atoms with Crippen LogP contribution in [0.3, 0.4) is 0 Å². The van der Waals surface area contributed by atoms with Crippen LogP contribution >= 0.6 is 12.2 Å². The van der Waals surface area contributed by atoms with Crippen molar-refractivity contribution in [2.45, 2.75) is 39.2 Å². The molecular formula is C12H22N2O2S. The summed E-state index contributed by atoms with van der Waals surface area (Å²) in [6, 6.07) is 0.0367. The van der Waals surface area contributed by atoms with Crippen molar-refractivity contribution in [1.29, 1.82) is 0 Å². The van der Waals surface area contributed by atoms with Crippen molar-refractivity contribution in [3.8, 4) is 0 Å². The van der Waals surface area contributed by atoms with Gasteiger partial charge in [0.15, 0.2) is 0 Å². The van der Waals surface area contributed by atoms with Gasteiger partial charge in [-0.05, 0) is 25.2 Å². The highest BCUT2D eigenvalue weighted by Crippen LogP contribution is 2.46. The molecule has 0 saturated heterocycles. The average molecular weight is 258 g/mol. The molecule has 98 valence electrons. The van der Waals surface area contributed by atoms with E-state index < -0.39 is 5.41 Å². The van der Waals surface area contributed by atoms with Crippen LogP contribution in [-0.2, 0) is 9.53 Å². The van der Waals surface area contributed by atoms with Gasteiger partial charge in [-0.3, -0.25) is 4.79 Å². The number of ether oxygens (including phenoxy) is 1. The summed E-state index contributed by atoms with van der Waals surface area (Å²) in [5.41, 5.74) is 5.11. The van der Waals surface area contributed by atoms with E-state index >= 15 is 0 Å². The van der Waals surface area contributed by atoms with Gasteiger partial charge in [0.05, 0.1) is 23.1 Å². The molecule has 1 rings (SSSR count). The monoisotopic (exact) mass is 258 g/mol. The number of nitrogens with two attached hydrogens (primary N) is 1. The minimum Gasteiger partial charge on any atom is -0.392 e. The minimum absolute atomic E-state index is 0.0352. The molecule has 5 heteroatoms. The number of hydrogen-bond donors (Lipinski definition) is 2. The Labute approximate surface area is 108 Å². The first-order valence-corrected chi connectivity index (χ1v) is 6.47. The molecule has 0 aliphatic heterocycles. The highest BCUT2D eigenvalue weighted by Gasteiger charge is 2.51. The summed E-state index contributed by atoms with van der Waals surface area (Å²) in [7, 11) is 1.63. The van der Waals surface area contributed by atoms with E-state index in [-0.39, 0.29) is 11.9 Å². The zero-order chi connectivity index (χ0) is 13.1. The first-order chi connectivity index (χ1) is 7.96. The Kier molecular flexibility index (Phi) is 4.89. The Hall–Kier alpha value is -0.680. The molecule has 1 aliphatic carbocycles. The second-order valence-corrected chi connectivity index (χ2v) is 5.43. The van der Waals surface area contributed by atoms with Gasteiger partial charge < -0.3 is 15.8 Å². The van der Waals surface area contributed by atoms with Crippen LogP contribution in [0.2, 0.25) is 0 Å². The van der Waals surface area contributed by atoms with Crippen molar-refractivity contribution >= 4 is 23.1 Å². The number of rotatable bonds is 6. The molecule has 0 aromatic rings. The third-order valence-electron chi connectivity index (χ3n) is 3.50. The van der Waals surface area contributed by atoms with Crippen LogP contribution in [-0.4, -0.2) is 30.7 Å². The normalized spacial score (nSPS) is 29.2. The Morgan fingerprint density at radius 3 is 2.59 bits per heavy atom. The van der Waals surface area contributed by atoms with Gasteiger partial charge in [-0.1, -0.05) is 26.1 Å². The van der Waals surface area contributed by atoms with Gasteiger partial charge in [0.1, 0.15) is 0 Å². The maximum Gasteiger partial charge on any atom is 0.233 e. The molecule has 1 saturated carbocycles. The lowest BCUT2D eigenvalue weighted by molar-refractivity contribution is -0.134. The summed E-state index contributed by atoms with van der Waals surface area (Å²) in [5, 5.41) is 2.98. The first kappa shape index (κ1) is 14.4. The molecule has 0 bridgehead atoms. The molecule has 0 aromatic carbocycles. The fourth-order valence-electron chi connectivity index (χ4n) is 2.41. The van der Waals surface area contributed by atoms with Crippen molar-refractivity contribution in [2.75, 3.05) is 13.7 Å². The van der Waals surface area contributed by atoms with Crippen molar-refractivity contribution in [2.24, 2.45) is 17.1 Å². The van der Waals surface area contributed by atoms with E-state index in [0.717, 1.165) is 19.3 Å². The summed E-state index contributed by atoms with van der Waals surface area (Å²) in [6.45, 7) is 4.64. The molecule has 0 spiro atoms. The van der Waals surface area contributed by atoms with E-state index in [1.54, 1.807) is 7.11 Å². The van der Waals surface area contributed by atoms with Crippen molar-refractivity contribution < 1.29 is 9.53 Å². The summed E-state index contributed by atoms with van der Waals surface area (Å²) in [6.07, 6.45) is 2.36. The van der Waals surface area contributed by atoms with Gasteiger partial charge in [0.2, 0.25) is 5.91 Å². The highest BCUT2D eigenvalue weighted by molar-refractivity contribution is 7.80. The van der Waals surface area contributed by atoms with Gasteiger partial charge in [-0.15, -0.1) is 0 Å². The van der Waals surface area contributed by atoms with Gasteiger partial charge in [-0.2, -0.15) is 0 Å². The average Bonchev–Trinajstić information content (AvgIpc) is 2.23. The van der Waals surface area contributed by atoms with Crippen molar-refractivity contribution in [3.63, 3.8) is 0 Å². The summed E-state index contributed by atoms with van der Waals surface area (Å²) in [5.74, 6) is 0.483. The van der Waals surface area contributed by atoms with Crippen LogP contribution in [0, 0.1) is 11.3 Å². The zero-order valence-electron chi connectivity index (χ0n) is 10.8. The van der Waals surface area contributed by atoms with Crippen LogP contribution in [0.25, 0.3) is 0 Å². The summed E-state index contributed by atoms with van der Waals surface area (Å²) >= 11 is 5.05. The molecule has 0 aromatic heterocycles. The third-order valence-corrected chi connectivity index (χ3v) is 3.89. The fraction of sp³-hybridized carbons (Fsp3) is 0.833. The van der Waals surface area contributed by atoms with Crippen LogP contribution in [0.1, 0.15) is 33.1 Å². The molecule has 17 heavy (non-hydrogen) atoms. The number of amides is 1. The van der Waals surface area contributed by atoms with E-state index in [1.165, 1.54) is 0 Å². The largest absolute Gasteiger partial charge is 0.392 e. The smallest absolute Gasteiger partial charge is 0.233 e. The molecule has 1 unspecified atom stereocenters. The molecule has 1 atom stereocenters. The predicted molar refractivity (Wildman–Crippen MR) is 71.7 cm³/mol. The predicted octanol–water partition coefficient (Wildman–Crippen LogP) is 1.23. The lowest BCUT2D eigenvalue weighted by Crippen LogP contribution is -2.58. The first-order valence-electron chi connectivity index (χ1n) is 6.06. The maximum atomic E-state index is 12.2. The van der Waals surface area contributed by atoms with E-state index in [9.17, 15) is 4.79 Å². The van der Waals surface area contributed by atoms with Crippen LogP contribution < -0.4 is 11.1 Å². The van der Waals surface area contributed by atoms with Gasteiger partial charge in [0.25, 0.3) is 0 Å². The van der Waals surface area contributed by atoms with Crippen molar-refractivity contribution in [3.05, 3.63) is 0 Å². The van der Waals surface area contributed by atoms with Crippen molar-refractivity contribution in [1.82, 2.24) is 5.32 Å². The second kappa shape index (κ2) is 5.78. The maximum absolute atomic E-state index is 12.2. The van der Waals surface area contributed by atoms with Gasteiger partial charge >= 0.3 is 0 Å². The Balaban J connectivity index is 2.64. The van der Waals surface area contributed by atoms with Crippen LogP contribution in [0.4, 0.5) is 0 Å². The molecule has 4 nitrogen and oxygen atoms in total. The van der Waals surface area contributed by atoms with E-state index in [4.69, 9.17) is 22.7 Å². The Morgan fingerprint density at radius 2 is 2.24 bits per heavy atom. The topological polar surface area (TPSA) is 64.3 Å². The molecule has 3 N–H and O–H groups in total. The lowest BCUT2D eigenvalue weighted by Gasteiger charge is -2.44. The minimum atomic E-state index is -0.615.